The van der Waals surface area contributed by atoms with E-state index in [9.17, 15) is 5.02 Å². The van der Waals surface area contributed by atoms with Crippen LogP contribution in [0.2, 0.25) is 6.82 Å². The second-order valence-electron chi connectivity index (χ2n) is 4.79. The molecular formula is C14H19BN2O3S. The topological polar surface area (TPSA) is 58.7 Å². The molecule has 1 aromatic heterocycles. The third-order valence-electron chi connectivity index (χ3n) is 3.19. The zero-order chi connectivity index (χ0) is 15.4. The number of aromatic nitrogens is 1. The number of hydrogen-bond acceptors (Lipinski definition) is 6. The summed E-state index contributed by atoms with van der Waals surface area (Å²) >= 11 is 1.47. The number of hydrogen-bond donors (Lipinski definition) is 1. The minimum atomic E-state index is -0.529. The van der Waals surface area contributed by atoms with Crippen LogP contribution < -0.4 is 9.77 Å². The summed E-state index contributed by atoms with van der Waals surface area (Å²) in [4.78, 5) is 0.963. The number of methoxy groups -OCH3 is 1. The van der Waals surface area contributed by atoms with E-state index in [0.29, 0.717) is 6.73 Å². The first-order chi connectivity index (χ1) is 10.0. The molecule has 21 heavy (non-hydrogen) atoms. The highest BCUT2D eigenvalue weighted by Crippen LogP contribution is 2.30. The molecule has 2 aromatic rings. The molecule has 0 spiro atoms. The third-order valence-corrected chi connectivity index (χ3v) is 4.26. The van der Waals surface area contributed by atoms with Gasteiger partial charge in [-0.05, 0) is 37.3 Å². The molecule has 112 valence electrons. The summed E-state index contributed by atoms with van der Waals surface area (Å²) in [6.45, 7) is 5.44. The number of nitrogens with zero attached hydrogens (tertiary/aromatic N) is 2. The van der Waals surface area contributed by atoms with Crippen LogP contribution in [-0.4, -0.2) is 30.9 Å². The number of rotatable bonds is 6. The minimum Gasteiger partial charge on any atom is -0.446 e. The van der Waals surface area contributed by atoms with Crippen molar-refractivity contribution in [3.8, 4) is 0 Å². The van der Waals surface area contributed by atoms with Crippen LogP contribution in [0.3, 0.4) is 0 Å². The van der Waals surface area contributed by atoms with E-state index in [-0.39, 0.29) is 0 Å². The van der Waals surface area contributed by atoms with Crippen molar-refractivity contribution in [3.63, 3.8) is 0 Å². The molecule has 0 saturated carbocycles. The van der Waals surface area contributed by atoms with Crippen molar-refractivity contribution < 1.29 is 14.3 Å². The summed E-state index contributed by atoms with van der Waals surface area (Å²) in [5.74, 6) is 1.52. The van der Waals surface area contributed by atoms with Crippen LogP contribution in [0, 0.1) is 13.8 Å². The molecule has 0 fully saturated rings. The highest BCUT2D eigenvalue weighted by molar-refractivity contribution is 8.00. The number of anilines is 1. The molecule has 0 aliphatic rings. The lowest BCUT2D eigenvalue weighted by molar-refractivity contribution is 0.210. The summed E-state index contributed by atoms with van der Waals surface area (Å²) in [5.41, 5.74) is 1.86. The second-order valence-corrected chi connectivity index (χ2v) is 5.85. The second kappa shape index (κ2) is 7.02. The van der Waals surface area contributed by atoms with Gasteiger partial charge < -0.3 is 14.3 Å². The van der Waals surface area contributed by atoms with E-state index >= 15 is 0 Å². The maximum atomic E-state index is 9.88. The van der Waals surface area contributed by atoms with Crippen LogP contribution >= 0.6 is 11.9 Å². The van der Waals surface area contributed by atoms with Gasteiger partial charge in [0.2, 0.25) is 0 Å². The smallest absolute Gasteiger partial charge is 0.321 e. The Labute approximate surface area is 129 Å². The maximum absolute atomic E-state index is 9.88. The first-order valence-electron chi connectivity index (χ1n) is 6.69. The molecule has 0 aliphatic carbocycles. The Bertz CT molecular complexity index is 604. The minimum absolute atomic E-state index is 0.367. The lowest BCUT2D eigenvalue weighted by Gasteiger charge is -2.21. The van der Waals surface area contributed by atoms with Crippen LogP contribution in [0.1, 0.15) is 11.3 Å². The largest absolute Gasteiger partial charge is 0.446 e. The third kappa shape index (κ3) is 3.61. The fourth-order valence-corrected chi connectivity index (χ4v) is 3.05. The van der Waals surface area contributed by atoms with Crippen molar-refractivity contribution in [2.75, 3.05) is 18.1 Å². The molecule has 2 rings (SSSR count). The molecule has 0 bridgehead atoms. The van der Waals surface area contributed by atoms with Crippen LogP contribution in [-0.2, 0) is 4.74 Å². The standard InChI is InChI=1S/C14H19BN2O3S/c1-10-11(2)20-16-14(10)17(9-19-4)21-13-8-6-5-7-12(13)15(3)18/h5-8,18H,9H2,1-4H3. The average Bonchev–Trinajstić information content (AvgIpc) is 2.79. The monoisotopic (exact) mass is 306 g/mol. The summed E-state index contributed by atoms with van der Waals surface area (Å²) in [5, 5.41) is 14.0. The normalized spacial score (nSPS) is 10.7. The van der Waals surface area contributed by atoms with Gasteiger partial charge in [-0.3, -0.25) is 4.31 Å². The highest BCUT2D eigenvalue weighted by atomic mass is 32.2. The van der Waals surface area contributed by atoms with E-state index < -0.39 is 6.92 Å². The van der Waals surface area contributed by atoms with Crippen LogP contribution in [0.25, 0.3) is 0 Å². The highest BCUT2D eigenvalue weighted by Gasteiger charge is 2.20. The van der Waals surface area contributed by atoms with Gasteiger partial charge in [0.05, 0.1) is 0 Å². The average molecular weight is 306 g/mol. The molecule has 0 radical (unpaired) electrons. The van der Waals surface area contributed by atoms with Crippen LogP contribution in [0.5, 0.6) is 0 Å². The van der Waals surface area contributed by atoms with Gasteiger partial charge in [-0.25, -0.2) is 0 Å². The van der Waals surface area contributed by atoms with E-state index in [4.69, 9.17) is 9.26 Å². The Balaban J connectivity index is 2.31. The number of benzene rings is 1. The Morgan fingerprint density at radius 1 is 1.38 bits per heavy atom. The van der Waals surface area contributed by atoms with E-state index in [1.807, 2.05) is 42.4 Å². The van der Waals surface area contributed by atoms with Crippen molar-refractivity contribution in [3.05, 3.63) is 35.6 Å². The first kappa shape index (κ1) is 15.9. The molecule has 5 nitrogen and oxygen atoms in total. The lowest BCUT2D eigenvalue weighted by Crippen LogP contribution is -2.29. The fourth-order valence-electron chi connectivity index (χ4n) is 1.91. The van der Waals surface area contributed by atoms with Crippen molar-refractivity contribution >= 4 is 30.1 Å². The molecular weight excluding hydrogens is 287 g/mol. The molecule has 1 aromatic carbocycles. The van der Waals surface area contributed by atoms with Gasteiger partial charge in [0.15, 0.2) is 5.82 Å². The Morgan fingerprint density at radius 3 is 2.67 bits per heavy atom. The Hall–Kier alpha value is -1.44. The summed E-state index contributed by atoms with van der Waals surface area (Å²) in [6.07, 6.45) is 0. The molecule has 1 N–H and O–H groups in total. The fraction of sp³-hybridized carbons (Fsp3) is 0.357. The van der Waals surface area contributed by atoms with Crippen LogP contribution in [0.4, 0.5) is 5.82 Å². The molecule has 7 heteroatoms. The van der Waals surface area contributed by atoms with Gasteiger partial charge in [-0.2, -0.15) is 0 Å². The van der Waals surface area contributed by atoms with Gasteiger partial charge in [0.1, 0.15) is 12.5 Å². The lowest BCUT2D eigenvalue weighted by atomic mass is 9.64. The van der Waals surface area contributed by atoms with E-state index in [2.05, 4.69) is 5.16 Å². The zero-order valence-electron chi connectivity index (χ0n) is 12.7. The van der Waals surface area contributed by atoms with Crippen molar-refractivity contribution in [2.24, 2.45) is 0 Å². The number of aryl methyl sites for hydroxylation is 1. The van der Waals surface area contributed by atoms with Gasteiger partial charge in [0, 0.05) is 17.6 Å². The predicted octanol–water partition coefficient (Wildman–Crippen LogP) is 2.23. The molecule has 0 unspecified atom stereocenters. The molecule has 0 saturated heterocycles. The predicted molar refractivity (Wildman–Crippen MR) is 86.1 cm³/mol. The zero-order valence-corrected chi connectivity index (χ0v) is 13.5. The van der Waals surface area contributed by atoms with Crippen molar-refractivity contribution in [1.29, 1.82) is 0 Å². The molecule has 1 heterocycles. The number of ether oxygens (including phenoxy) is 1. The van der Waals surface area contributed by atoms with E-state index in [1.165, 1.54) is 11.9 Å². The van der Waals surface area contributed by atoms with Crippen LogP contribution in [0.15, 0.2) is 33.7 Å². The van der Waals surface area contributed by atoms with Crippen molar-refractivity contribution in [2.45, 2.75) is 25.6 Å². The molecule has 0 amide bonds. The van der Waals surface area contributed by atoms with E-state index in [1.54, 1.807) is 13.9 Å². The maximum Gasteiger partial charge on any atom is 0.321 e. The quantitative estimate of drug-likeness (QED) is 0.502. The Morgan fingerprint density at radius 2 is 2.10 bits per heavy atom. The van der Waals surface area contributed by atoms with Gasteiger partial charge in [-0.1, -0.05) is 30.2 Å². The van der Waals surface area contributed by atoms with Gasteiger partial charge in [-0.15, -0.1) is 0 Å². The molecule has 0 aliphatic heterocycles. The van der Waals surface area contributed by atoms with Gasteiger partial charge >= 0.3 is 6.92 Å². The van der Waals surface area contributed by atoms with Crippen molar-refractivity contribution in [1.82, 2.24) is 5.16 Å². The summed E-state index contributed by atoms with van der Waals surface area (Å²) < 4.78 is 12.4. The summed E-state index contributed by atoms with van der Waals surface area (Å²) in [7, 11) is 1.64. The van der Waals surface area contributed by atoms with E-state index in [0.717, 1.165) is 27.5 Å². The summed E-state index contributed by atoms with van der Waals surface area (Å²) in [6, 6.07) is 7.74. The first-order valence-corrected chi connectivity index (χ1v) is 7.46. The van der Waals surface area contributed by atoms with Gasteiger partial charge in [0.25, 0.3) is 0 Å². The SMILES string of the molecule is COCN(Sc1ccccc1B(C)O)c1noc(C)c1C. The Kier molecular flexibility index (Phi) is 5.33. The molecule has 0 atom stereocenters.